The normalized spacial score (nSPS) is 15.2. The van der Waals surface area contributed by atoms with E-state index in [4.69, 9.17) is 0 Å². The molecule has 146 valence electrons. The topological polar surface area (TPSA) is 73.8 Å². The Morgan fingerprint density at radius 3 is 2.56 bits per heavy atom. The number of aliphatic imine (C=N–C) groups is 1. The molecule has 9 heteroatoms. The summed E-state index contributed by atoms with van der Waals surface area (Å²) in [5.74, 6) is -0.168. The van der Waals surface area contributed by atoms with Gasteiger partial charge >= 0.3 is 6.18 Å². The minimum absolute atomic E-state index is 0.125. The number of amidine groups is 1. The molecule has 0 aliphatic carbocycles. The summed E-state index contributed by atoms with van der Waals surface area (Å²) in [7, 11) is 0. The van der Waals surface area contributed by atoms with Gasteiger partial charge in [0.2, 0.25) is 12.3 Å². The van der Waals surface area contributed by atoms with E-state index in [1.807, 2.05) is 4.90 Å². The Kier molecular flexibility index (Phi) is 6.98. The number of anilines is 2. The van der Waals surface area contributed by atoms with Gasteiger partial charge in [-0.15, -0.1) is 0 Å². The predicted octanol–water partition coefficient (Wildman–Crippen LogP) is 3.17. The predicted molar refractivity (Wildman–Crippen MR) is 97.8 cm³/mol. The largest absolute Gasteiger partial charge is 0.405 e. The summed E-state index contributed by atoms with van der Waals surface area (Å²) < 4.78 is 38.1. The van der Waals surface area contributed by atoms with Crippen molar-refractivity contribution in [1.29, 1.82) is 0 Å². The van der Waals surface area contributed by atoms with Gasteiger partial charge in [-0.3, -0.25) is 9.59 Å². The molecule has 1 aliphatic heterocycles. The third kappa shape index (κ3) is 6.12. The van der Waals surface area contributed by atoms with E-state index in [0.717, 1.165) is 25.3 Å². The van der Waals surface area contributed by atoms with Gasteiger partial charge in [-0.1, -0.05) is 6.58 Å². The van der Waals surface area contributed by atoms with Crippen molar-refractivity contribution in [3.05, 3.63) is 36.4 Å². The Hall–Kier alpha value is -2.84. The highest BCUT2D eigenvalue weighted by atomic mass is 19.4. The van der Waals surface area contributed by atoms with Crippen LogP contribution in [-0.2, 0) is 9.59 Å². The molecule has 0 spiro atoms. The lowest BCUT2D eigenvalue weighted by Gasteiger charge is -2.30. The number of hydrogen-bond donors (Lipinski definition) is 2. The summed E-state index contributed by atoms with van der Waals surface area (Å²) in [6.07, 6.45) is -0.108. The van der Waals surface area contributed by atoms with Crippen LogP contribution in [-0.4, -0.2) is 48.9 Å². The molecule has 0 atom stereocenters. The fraction of sp³-hybridized carbons (Fsp3) is 0.389. The van der Waals surface area contributed by atoms with Crippen LogP contribution in [0.4, 0.5) is 24.5 Å². The highest BCUT2D eigenvalue weighted by Crippen LogP contribution is 2.26. The molecule has 2 N–H and O–H groups in total. The fourth-order valence-electron chi connectivity index (χ4n) is 2.83. The summed E-state index contributed by atoms with van der Waals surface area (Å²) in [4.78, 5) is 28.2. The van der Waals surface area contributed by atoms with Crippen LogP contribution in [0.15, 0.2) is 35.8 Å². The Morgan fingerprint density at radius 1 is 1.26 bits per heavy atom. The van der Waals surface area contributed by atoms with Crippen LogP contribution in [0.25, 0.3) is 0 Å². The third-order valence-corrected chi connectivity index (χ3v) is 4.02. The molecule has 0 unspecified atom stereocenters. The molecule has 27 heavy (non-hydrogen) atoms. The lowest BCUT2D eigenvalue weighted by Crippen LogP contribution is -2.37. The van der Waals surface area contributed by atoms with E-state index in [1.54, 1.807) is 6.07 Å². The first kappa shape index (κ1) is 20.5. The number of hydrogen-bond acceptors (Lipinski definition) is 3. The molecule has 0 bridgehead atoms. The van der Waals surface area contributed by atoms with Crippen molar-refractivity contribution in [1.82, 2.24) is 4.90 Å². The SMILES string of the molecule is C=CC(=O)Nc1ccc(C(=NC=O)N2CCCCC2)c(NCC(F)(F)F)c1. The third-order valence-electron chi connectivity index (χ3n) is 4.02. The van der Waals surface area contributed by atoms with Gasteiger partial charge in [0.1, 0.15) is 12.4 Å². The van der Waals surface area contributed by atoms with Gasteiger partial charge in [0, 0.05) is 30.0 Å². The first-order valence-electron chi connectivity index (χ1n) is 8.49. The van der Waals surface area contributed by atoms with E-state index >= 15 is 0 Å². The number of benzene rings is 1. The second-order valence-electron chi connectivity index (χ2n) is 6.03. The number of halogens is 3. The van der Waals surface area contributed by atoms with Gasteiger partial charge in [-0.2, -0.15) is 18.2 Å². The molecule has 1 heterocycles. The number of nitrogens with one attached hydrogen (secondary N) is 2. The number of likely N-dealkylation sites (tertiary alicyclic amines) is 1. The quantitative estimate of drug-likeness (QED) is 0.343. The average molecular weight is 382 g/mol. The summed E-state index contributed by atoms with van der Waals surface area (Å²) in [5.41, 5.74) is 0.794. The molecular weight excluding hydrogens is 361 g/mol. The lowest BCUT2D eigenvalue weighted by atomic mass is 10.1. The van der Waals surface area contributed by atoms with E-state index in [9.17, 15) is 22.8 Å². The monoisotopic (exact) mass is 382 g/mol. The maximum Gasteiger partial charge on any atom is 0.405 e. The highest BCUT2D eigenvalue weighted by molar-refractivity contribution is 6.07. The zero-order valence-corrected chi connectivity index (χ0v) is 14.7. The second kappa shape index (κ2) is 9.20. The van der Waals surface area contributed by atoms with E-state index in [2.05, 4.69) is 22.2 Å². The number of nitrogens with zero attached hydrogens (tertiary/aromatic N) is 2. The van der Waals surface area contributed by atoms with Crippen molar-refractivity contribution in [3.8, 4) is 0 Å². The zero-order valence-electron chi connectivity index (χ0n) is 14.7. The number of amides is 2. The Morgan fingerprint density at radius 2 is 1.96 bits per heavy atom. The minimum atomic E-state index is -4.43. The zero-order chi connectivity index (χ0) is 19.9. The summed E-state index contributed by atoms with van der Waals surface area (Å²) in [6.45, 7) is 3.42. The minimum Gasteiger partial charge on any atom is -0.376 e. The maximum atomic E-state index is 12.7. The molecule has 0 saturated carbocycles. The summed E-state index contributed by atoms with van der Waals surface area (Å²) in [5, 5.41) is 4.84. The molecule has 6 nitrogen and oxygen atoms in total. The number of alkyl halides is 3. The number of carbonyl (C=O) groups is 2. The van der Waals surface area contributed by atoms with E-state index in [1.165, 1.54) is 12.1 Å². The Labute approximate surface area is 155 Å². The van der Waals surface area contributed by atoms with Crippen molar-refractivity contribution in [2.75, 3.05) is 30.3 Å². The molecule has 0 radical (unpaired) electrons. The molecule has 1 saturated heterocycles. The second-order valence-corrected chi connectivity index (χ2v) is 6.03. The van der Waals surface area contributed by atoms with Gasteiger partial charge in [0.25, 0.3) is 0 Å². The molecular formula is C18H21F3N4O2. The van der Waals surface area contributed by atoms with Crippen LogP contribution < -0.4 is 10.6 Å². The van der Waals surface area contributed by atoms with Gasteiger partial charge in [-0.25, -0.2) is 0 Å². The van der Waals surface area contributed by atoms with Crippen LogP contribution in [0.5, 0.6) is 0 Å². The number of piperidine rings is 1. The molecule has 1 aromatic carbocycles. The van der Waals surface area contributed by atoms with Crippen LogP contribution in [0.2, 0.25) is 0 Å². The standard InChI is InChI=1S/C18H21F3N4O2/c1-2-16(27)24-13-6-7-14(15(10-13)22-11-18(19,20)21)17(23-12-26)25-8-4-3-5-9-25/h2,6-7,10,12,22H,1,3-5,8-9,11H2,(H,24,27). The summed E-state index contributed by atoms with van der Waals surface area (Å²) in [6, 6.07) is 4.46. The molecule has 1 aliphatic rings. The van der Waals surface area contributed by atoms with E-state index < -0.39 is 18.6 Å². The van der Waals surface area contributed by atoms with Gasteiger partial charge in [0.05, 0.1) is 0 Å². The van der Waals surface area contributed by atoms with Crippen LogP contribution in [0.3, 0.4) is 0 Å². The smallest absolute Gasteiger partial charge is 0.376 e. The first-order valence-corrected chi connectivity index (χ1v) is 8.49. The van der Waals surface area contributed by atoms with Gasteiger partial charge in [-0.05, 0) is 43.5 Å². The van der Waals surface area contributed by atoms with Gasteiger partial charge in [0.15, 0.2) is 0 Å². The first-order chi connectivity index (χ1) is 12.8. The molecule has 0 aromatic heterocycles. The fourth-order valence-corrected chi connectivity index (χ4v) is 2.83. The summed E-state index contributed by atoms with van der Waals surface area (Å²) >= 11 is 0. The number of carbonyl (C=O) groups excluding carboxylic acids is 2. The molecule has 2 rings (SSSR count). The molecule has 2 amide bonds. The van der Waals surface area contributed by atoms with Crippen molar-refractivity contribution in [2.24, 2.45) is 4.99 Å². The Bertz CT molecular complexity index is 726. The lowest BCUT2D eigenvalue weighted by molar-refractivity contribution is -0.115. The van der Waals surface area contributed by atoms with Crippen molar-refractivity contribution >= 4 is 29.5 Å². The van der Waals surface area contributed by atoms with Crippen LogP contribution in [0, 0.1) is 0 Å². The van der Waals surface area contributed by atoms with E-state index in [0.29, 0.717) is 36.6 Å². The van der Waals surface area contributed by atoms with Crippen molar-refractivity contribution < 1.29 is 22.8 Å². The molecule has 1 fully saturated rings. The Balaban J connectivity index is 2.41. The maximum absolute atomic E-state index is 12.7. The van der Waals surface area contributed by atoms with Gasteiger partial charge < -0.3 is 15.5 Å². The number of rotatable bonds is 6. The average Bonchev–Trinajstić information content (AvgIpc) is 2.65. The van der Waals surface area contributed by atoms with Crippen LogP contribution >= 0.6 is 0 Å². The van der Waals surface area contributed by atoms with Crippen LogP contribution in [0.1, 0.15) is 24.8 Å². The van der Waals surface area contributed by atoms with Crippen molar-refractivity contribution in [2.45, 2.75) is 25.4 Å². The van der Waals surface area contributed by atoms with Crippen molar-refractivity contribution in [3.63, 3.8) is 0 Å². The highest BCUT2D eigenvalue weighted by Gasteiger charge is 2.28. The molecule has 1 aromatic rings. The van der Waals surface area contributed by atoms with E-state index in [-0.39, 0.29) is 5.69 Å².